The summed E-state index contributed by atoms with van der Waals surface area (Å²) >= 11 is 1.43. The zero-order chi connectivity index (χ0) is 24.2. The van der Waals surface area contributed by atoms with Crippen LogP contribution in [0.1, 0.15) is 36.9 Å². The molecule has 9 heteroatoms. The first-order valence-corrected chi connectivity index (χ1v) is 13.0. The van der Waals surface area contributed by atoms with Crippen molar-refractivity contribution in [1.29, 1.82) is 0 Å². The van der Waals surface area contributed by atoms with Gasteiger partial charge in [-0.15, -0.1) is 0 Å². The third-order valence-electron chi connectivity index (χ3n) is 6.76. The van der Waals surface area contributed by atoms with Crippen LogP contribution in [0.4, 0.5) is 5.82 Å². The predicted molar refractivity (Wildman–Crippen MR) is 138 cm³/mol. The zero-order valence-electron chi connectivity index (χ0n) is 20.1. The SMILES string of the molecule is COc1ccc2c(OC)ccc(CNC3CCC(NCc4cnc5c(n4)NC(=O)CS5)CC3)c2c1. The average Bonchev–Trinajstić information content (AvgIpc) is 2.90. The lowest BCUT2D eigenvalue weighted by molar-refractivity contribution is -0.113. The number of carbonyl (C=O) groups is 1. The predicted octanol–water partition coefficient (Wildman–Crippen LogP) is 3.88. The molecule has 1 aliphatic carbocycles. The largest absolute Gasteiger partial charge is 0.497 e. The molecular weight excluding hydrogens is 462 g/mol. The fourth-order valence-corrected chi connectivity index (χ4v) is 5.51. The van der Waals surface area contributed by atoms with Crippen LogP contribution in [0, 0.1) is 0 Å². The highest BCUT2D eigenvalue weighted by Crippen LogP contribution is 2.32. The van der Waals surface area contributed by atoms with Gasteiger partial charge in [-0.3, -0.25) is 4.79 Å². The Labute approximate surface area is 209 Å². The molecule has 184 valence electrons. The molecular formula is C26H31N5O3S. The van der Waals surface area contributed by atoms with Crippen LogP contribution >= 0.6 is 11.8 Å². The van der Waals surface area contributed by atoms with Gasteiger partial charge in [0.2, 0.25) is 5.91 Å². The Balaban J connectivity index is 1.13. The van der Waals surface area contributed by atoms with Crippen molar-refractivity contribution >= 4 is 34.3 Å². The third kappa shape index (κ3) is 5.52. The highest BCUT2D eigenvalue weighted by molar-refractivity contribution is 8.00. The van der Waals surface area contributed by atoms with Crippen molar-refractivity contribution < 1.29 is 14.3 Å². The van der Waals surface area contributed by atoms with E-state index in [0.717, 1.165) is 65.2 Å². The monoisotopic (exact) mass is 493 g/mol. The summed E-state index contributed by atoms with van der Waals surface area (Å²) in [6.07, 6.45) is 6.27. The van der Waals surface area contributed by atoms with E-state index in [1.807, 2.05) is 12.1 Å². The van der Waals surface area contributed by atoms with Crippen molar-refractivity contribution in [3.8, 4) is 11.5 Å². The van der Waals surface area contributed by atoms with Gasteiger partial charge in [0.15, 0.2) is 5.82 Å². The molecule has 35 heavy (non-hydrogen) atoms. The van der Waals surface area contributed by atoms with E-state index < -0.39 is 0 Å². The molecule has 1 aliphatic heterocycles. The minimum Gasteiger partial charge on any atom is -0.497 e. The topological polar surface area (TPSA) is 97.4 Å². The summed E-state index contributed by atoms with van der Waals surface area (Å²) in [5.41, 5.74) is 2.10. The molecule has 1 saturated carbocycles. The van der Waals surface area contributed by atoms with Crippen molar-refractivity contribution in [2.75, 3.05) is 25.3 Å². The van der Waals surface area contributed by atoms with E-state index >= 15 is 0 Å². The normalized spacial score (nSPS) is 19.8. The number of amides is 1. The zero-order valence-corrected chi connectivity index (χ0v) is 20.9. The Kier molecular flexibility index (Phi) is 7.36. The van der Waals surface area contributed by atoms with Gasteiger partial charge in [0.25, 0.3) is 0 Å². The number of nitrogens with one attached hydrogen (secondary N) is 3. The molecule has 8 nitrogen and oxygen atoms in total. The summed E-state index contributed by atoms with van der Waals surface area (Å²) in [5.74, 6) is 2.70. The van der Waals surface area contributed by atoms with Crippen LogP contribution in [0.3, 0.4) is 0 Å². The first kappa shape index (κ1) is 23.8. The Morgan fingerprint density at radius 3 is 2.51 bits per heavy atom. The maximum Gasteiger partial charge on any atom is 0.236 e. The Morgan fingerprint density at radius 1 is 1.00 bits per heavy atom. The first-order chi connectivity index (χ1) is 17.1. The second kappa shape index (κ2) is 10.8. The lowest BCUT2D eigenvalue weighted by Crippen LogP contribution is -2.39. The Bertz CT molecular complexity index is 1210. The molecule has 2 heterocycles. The molecule has 0 atom stereocenters. The molecule has 3 N–H and O–H groups in total. The van der Waals surface area contributed by atoms with Gasteiger partial charge in [-0.1, -0.05) is 17.8 Å². The van der Waals surface area contributed by atoms with Gasteiger partial charge in [0.1, 0.15) is 16.5 Å². The molecule has 0 radical (unpaired) electrons. The number of benzene rings is 2. The molecule has 5 rings (SSSR count). The van der Waals surface area contributed by atoms with Gasteiger partial charge in [0, 0.05) is 30.6 Å². The molecule has 2 aromatic carbocycles. The number of rotatable bonds is 8. The first-order valence-electron chi connectivity index (χ1n) is 12.0. The van der Waals surface area contributed by atoms with Crippen molar-refractivity contribution in [3.63, 3.8) is 0 Å². The van der Waals surface area contributed by atoms with Gasteiger partial charge >= 0.3 is 0 Å². The number of ether oxygens (including phenoxy) is 2. The number of methoxy groups -OCH3 is 2. The van der Waals surface area contributed by atoms with E-state index in [0.29, 0.717) is 30.2 Å². The number of nitrogens with zero attached hydrogens (tertiary/aromatic N) is 2. The average molecular weight is 494 g/mol. The molecule has 1 fully saturated rings. The molecule has 1 aromatic heterocycles. The summed E-state index contributed by atoms with van der Waals surface area (Å²) in [4.78, 5) is 20.6. The van der Waals surface area contributed by atoms with Crippen LogP contribution < -0.4 is 25.4 Å². The molecule has 3 aromatic rings. The maximum atomic E-state index is 11.6. The highest BCUT2D eigenvalue weighted by Gasteiger charge is 2.22. The van der Waals surface area contributed by atoms with Gasteiger partial charge in [-0.2, -0.15) is 0 Å². The minimum atomic E-state index is -0.0190. The van der Waals surface area contributed by atoms with E-state index in [1.165, 1.54) is 17.3 Å². The van der Waals surface area contributed by atoms with E-state index in [-0.39, 0.29) is 5.91 Å². The molecule has 1 amide bonds. The standard InChI is InChI=1S/C26H31N5O3S/c1-33-20-8-9-21-22(11-20)16(3-10-23(21)34-2)12-27-17-4-6-18(7-5-17)28-13-19-14-29-26-25(30-19)31-24(32)15-35-26/h3,8-11,14,17-18,27-28H,4-7,12-13,15H2,1-2H3,(H,30,31,32). The second-order valence-electron chi connectivity index (χ2n) is 9.00. The van der Waals surface area contributed by atoms with Crippen molar-refractivity contribution in [2.45, 2.75) is 55.9 Å². The number of carbonyl (C=O) groups excluding carboxylic acids is 1. The third-order valence-corrected chi connectivity index (χ3v) is 7.74. The summed E-state index contributed by atoms with van der Waals surface area (Å²) in [7, 11) is 3.40. The number of thioether (sulfide) groups is 1. The van der Waals surface area contributed by atoms with E-state index in [2.05, 4.69) is 44.1 Å². The van der Waals surface area contributed by atoms with E-state index in [1.54, 1.807) is 20.4 Å². The molecule has 2 aliphatic rings. The van der Waals surface area contributed by atoms with Gasteiger partial charge in [-0.05, 0) is 60.9 Å². The second-order valence-corrected chi connectivity index (χ2v) is 9.96. The van der Waals surface area contributed by atoms with Crippen LogP contribution in [0.15, 0.2) is 41.6 Å². The quantitative estimate of drug-likeness (QED) is 0.435. The van der Waals surface area contributed by atoms with Crippen molar-refractivity contribution in [2.24, 2.45) is 0 Å². The van der Waals surface area contributed by atoms with Crippen molar-refractivity contribution in [1.82, 2.24) is 20.6 Å². The number of anilines is 1. The number of hydrogen-bond donors (Lipinski definition) is 3. The van der Waals surface area contributed by atoms with Crippen LogP contribution in [0.25, 0.3) is 10.8 Å². The highest BCUT2D eigenvalue weighted by atomic mass is 32.2. The Hall–Kier alpha value is -2.88. The summed E-state index contributed by atoms with van der Waals surface area (Å²) < 4.78 is 11.0. The Morgan fingerprint density at radius 2 is 1.77 bits per heavy atom. The molecule has 0 saturated heterocycles. The smallest absolute Gasteiger partial charge is 0.236 e. The molecule has 0 bridgehead atoms. The summed E-state index contributed by atoms with van der Waals surface area (Å²) in [6.45, 7) is 1.47. The van der Waals surface area contributed by atoms with Crippen LogP contribution in [-0.4, -0.2) is 47.9 Å². The van der Waals surface area contributed by atoms with Gasteiger partial charge < -0.3 is 25.4 Å². The number of fused-ring (bicyclic) bond motifs is 2. The van der Waals surface area contributed by atoms with Crippen LogP contribution in [0.2, 0.25) is 0 Å². The van der Waals surface area contributed by atoms with Crippen LogP contribution in [0.5, 0.6) is 11.5 Å². The fraction of sp³-hybridized carbons (Fsp3) is 0.423. The fourth-order valence-electron chi connectivity index (χ4n) is 4.81. The lowest BCUT2D eigenvalue weighted by Gasteiger charge is -2.30. The van der Waals surface area contributed by atoms with E-state index in [4.69, 9.17) is 9.47 Å². The van der Waals surface area contributed by atoms with Gasteiger partial charge in [0.05, 0.1) is 31.9 Å². The number of hydrogen-bond acceptors (Lipinski definition) is 8. The minimum absolute atomic E-state index is 0.0190. The van der Waals surface area contributed by atoms with Gasteiger partial charge in [-0.25, -0.2) is 9.97 Å². The van der Waals surface area contributed by atoms with Crippen molar-refractivity contribution in [3.05, 3.63) is 47.8 Å². The molecule has 0 unspecified atom stereocenters. The molecule has 0 spiro atoms. The lowest BCUT2D eigenvalue weighted by atomic mass is 9.91. The maximum absolute atomic E-state index is 11.6. The van der Waals surface area contributed by atoms with Crippen LogP contribution in [-0.2, 0) is 17.9 Å². The summed E-state index contributed by atoms with van der Waals surface area (Å²) in [5, 5.41) is 13.3. The summed E-state index contributed by atoms with van der Waals surface area (Å²) in [6, 6.07) is 11.3. The van der Waals surface area contributed by atoms with E-state index in [9.17, 15) is 4.79 Å². The number of aromatic nitrogens is 2.